The number of carbonyl (C=O) groups is 1. The highest BCUT2D eigenvalue weighted by Gasteiger charge is 2.16. The molecule has 3 N–H and O–H groups in total. The van der Waals surface area contributed by atoms with E-state index in [1.165, 1.54) is 24.3 Å². The van der Waals surface area contributed by atoms with Crippen molar-refractivity contribution >= 4 is 17.7 Å². The predicted octanol–water partition coefficient (Wildman–Crippen LogP) is 0.983. The predicted molar refractivity (Wildman–Crippen MR) is 61.3 cm³/mol. The second-order valence-corrected chi connectivity index (χ2v) is 5.04. The van der Waals surface area contributed by atoms with Crippen molar-refractivity contribution in [3.8, 4) is 0 Å². The van der Waals surface area contributed by atoms with Crippen LogP contribution in [0.25, 0.3) is 0 Å². The standard InChI is InChI=1S/C10H20N2OS/c1-2-9(11)10(13)12-7-8-3-5-14-6-4-8/h8-9H,2-7,11H2,1H3,(H,12,13)/t9-/m1/s1. The fraction of sp³-hybridized carbons (Fsp3) is 0.900. The van der Waals surface area contributed by atoms with Crippen LogP contribution in [0.15, 0.2) is 0 Å². The van der Waals surface area contributed by atoms with Crippen LogP contribution in [-0.2, 0) is 4.79 Å². The molecule has 1 saturated heterocycles. The number of hydrogen-bond acceptors (Lipinski definition) is 3. The molecular weight excluding hydrogens is 196 g/mol. The zero-order chi connectivity index (χ0) is 10.4. The Balaban J connectivity index is 2.15. The molecule has 0 saturated carbocycles. The molecule has 1 amide bonds. The minimum absolute atomic E-state index is 0.00530. The molecule has 0 radical (unpaired) electrons. The Morgan fingerprint density at radius 1 is 1.57 bits per heavy atom. The summed E-state index contributed by atoms with van der Waals surface area (Å²) in [6.07, 6.45) is 3.17. The quantitative estimate of drug-likeness (QED) is 0.736. The number of hydrogen-bond donors (Lipinski definition) is 2. The summed E-state index contributed by atoms with van der Waals surface area (Å²) in [5, 5.41) is 2.93. The summed E-state index contributed by atoms with van der Waals surface area (Å²) in [6, 6.07) is -0.326. The molecule has 4 heteroatoms. The van der Waals surface area contributed by atoms with Gasteiger partial charge in [0.15, 0.2) is 0 Å². The Morgan fingerprint density at radius 2 is 2.21 bits per heavy atom. The Kier molecular flexibility index (Phi) is 5.33. The van der Waals surface area contributed by atoms with Gasteiger partial charge in [-0.15, -0.1) is 0 Å². The van der Waals surface area contributed by atoms with Crippen LogP contribution in [0.4, 0.5) is 0 Å². The van der Waals surface area contributed by atoms with Crippen molar-refractivity contribution in [2.45, 2.75) is 32.2 Å². The molecule has 0 aromatic carbocycles. The van der Waals surface area contributed by atoms with Crippen LogP contribution in [0.3, 0.4) is 0 Å². The van der Waals surface area contributed by atoms with Crippen LogP contribution in [-0.4, -0.2) is 30.0 Å². The maximum atomic E-state index is 11.4. The molecule has 1 atom stereocenters. The first kappa shape index (κ1) is 11.9. The fourth-order valence-corrected chi connectivity index (χ4v) is 2.72. The van der Waals surface area contributed by atoms with Crippen molar-refractivity contribution in [3.63, 3.8) is 0 Å². The van der Waals surface area contributed by atoms with Gasteiger partial charge in [0.2, 0.25) is 5.91 Å². The maximum absolute atomic E-state index is 11.4. The van der Waals surface area contributed by atoms with E-state index >= 15 is 0 Å². The topological polar surface area (TPSA) is 55.1 Å². The second kappa shape index (κ2) is 6.30. The molecule has 0 aromatic rings. The molecule has 0 unspecified atom stereocenters. The molecule has 1 aliphatic rings. The van der Waals surface area contributed by atoms with E-state index in [9.17, 15) is 4.79 Å². The van der Waals surface area contributed by atoms with E-state index in [1.807, 2.05) is 18.7 Å². The van der Waals surface area contributed by atoms with Gasteiger partial charge in [-0.1, -0.05) is 6.92 Å². The van der Waals surface area contributed by atoms with Crippen molar-refractivity contribution in [2.75, 3.05) is 18.1 Å². The van der Waals surface area contributed by atoms with E-state index in [0.717, 1.165) is 6.54 Å². The van der Waals surface area contributed by atoms with E-state index in [1.54, 1.807) is 0 Å². The van der Waals surface area contributed by atoms with Crippen molar-refractivity contribution in [1.82, 2.24) is 5.32 Å². The fourth-order valence-electron chi connectivity index (χ4n) is 1.51. The van der Waals surface area contributed by atoms with Crippen LogP contribution < -0.4 is 11.1 Å². The number of amides is 1. The van der Waals surface area contributed by atoms with Gasteiger partial charge >= 0.3 is 0 Å². The summed E-state index contributed by atoms with van der Waals surface area (Å²) in [5.74, 6) is 3.15. The maximum Gasteiger partial charge on any atom is 0.236 e. The van der Waals surface area contributed by atoms with E-state index in [-0.39, 0.29) is 11.9 Å². The van der Waals surface area contributed by atoms with Gasteiger partial charge < -0.3 is 11.1 Å². The molecule has 1 heterocycles. The van der Waals surface area contributed by atoms with Crippen molar-refractivity contribution in [1.29, 1.82) is 0 Å². The first-order valence-corrected chi connectivity index (χ1v) is 6.50. The van der Waals surface area contributed by atoms with Crippen LogP contribution in [0.5, 0.6) is 0 Å². The molecule has 0 spiro atoms. The van der Waals surface area contributed by atoms with E-state index in [2.05, 4.69) is 5.32 Å². The summed E-state index contributed by atoms with van der Waals surface area (Å²) in [7, 11) is 0. The average molecular weight is 216 g/mol. The van der Waals surface area contributed by atoms with Gasteiger partial charge in [-0.3, -0.25) is 4.79 Å². The largest absolute Gasteiger partial charge is 0.354 e. The van der Waals surface area contributed by atoms with Crippen molar-refractivity contribution < 1.29 is 4.79 Å². The third kappa shape index (κ3) is 3.88. The van der Waals surface area contributed by atoms with Gasteiger partial charge in [0.05, 0.1) is 6.04 Å². The molecule has 82 valence electrons. The van der Waals surface area contributed by atoms with Gasteiger partial charge in [0, 0.05) is 6.54 Å². The van der Waals surface area contributed by atoms with Gasteiger partial charge in [-0.25, -0.2) is 0 Å². The third-order valence-corrected chi connectivity index (χ3v) is 3.73. The molecule has 0 aliphatic carbocycles. The summed E-state index contributed by atoms with van der Waals surface area (Å²) >= 11 is 2.01. The first-order chi connectivity index (χ1) is 6.74. The zero-order valence-corrected chi connectivity index (χ0v) is 9.61. The highest BCUT2D eigenvalue weighted by Crippen LogP contribution is 2.21. The molecule has 0 aromatic heterocycles. The number of thioether (sulfide) groups is 1. The molecule has 14 heavy (non-hydrogen) atoms. The monoisotopic (exact) mass is 216 g/mol. The van der Waals surface area contributed by atoms with Crippen LogP contribution >= 0.6 is 11.8 Å². The SMILES string of the molecule is CC[C@@H](N)C(=O)NCC1CCSCC1. The second-order valence-electron chi connectivity index (χ2n) is 3.82. The normalized spacial score (nSPS) is 20.4. The Bertz CT molecular complexity index is 181. The Hall–Kier alpha value is -0.220. The molecule has 0 bridgehead atoms. The van der Waals surface area contributed by atoms with Crippen LogP contribution in [0.2, 0.25) is 0 Å². The lowest BCUT2D eigenvalue weighted by molar-refractivity contribution is -0.122. The van der Waals surface area contributed by atoms with Gasteiger partial charge in [0.25, 0.3) is 0 Å². The number of carbonyl (C=O) groups excluding carboxylic acids is 1. The molecular formula is C10H20N2OS. The summed E-state index contributed by atoms with van der Waals surface area (Å²) in [6.45, 7) is 2.74. The summed E-state index contributed by atoms with van der Waals surface area (Å²) in [5.41, 5.74) is 5.62. The number of rotatable bonds is 4. The van der Waals surface area contributed by atoms with Crippen molar-refractivity contribution in [3.05, 3.63) is 0 Å². The minimum atomic E-state index is -0.326. The smallest absolute Gasteiger partial charge is 0.236 e. The Labute approximate surface area is 90.2 Å². The van der Waals surface area contributed by atoms with E-state index in [0.29, 0.717) is 12.3 Å². The lowest BCUT2D eigenvalue weighted by Crippen LogP contribution is -2.42. The van der Waals surface area contributed by atoms with E-state index < -0.39 is 0 Å². The molecule has 1 fully saturated rings. The lowest BCUT2D eigenvalue weighted by Gasteiger charge is -2.22. The third-order valence-electron chi connectivity index (χ3n) is 2.68. The van der Waals surface area contributed by atoms with Gasteiger partial charge in [0.1, 0.15) is 0 Å². The Morgan fingerprint density at radius 3 is 2.79 bits per heavy atom. The lowest BCUT2D eigenvalue weighted by atomic mass is 10.0. The minimum Gasteiger partial charge on any atom is -0.354 e. The number of nitrogens with two attached hydrogens (primary N) is 1. The highest BCUT2D eigenvalue weighted by molar-refractivity contribution is 7.99. The number of nitrogens with one attached hydrogen (secondary N) is 1. The summed E-state index contributed by atoms with van der Waals surface area (Å²) < 4.78 is 0. The highest BCUT2D eigenvalue weighted by atomic mass is 32.2. The van der Waals surface area contributed by atoms with E-state index in [4.69, 9.17) is 5.73 Å². The average Bonchev–Trinajstić information content (AvgIpc) is 2.26. The molecule has 1 aliphatic heterocycles. The van der Waals surface area contributed by atoms with Gasteiger partial charge in [-0.2, -0.15) is 11.8 Å². The van der Waals surface area contributed by atoms with Gasteiger partial charge in [-0.05, 0) is 36.7 Å². The zero-order valence-electron chi connectivity index (χ0n) is 8.79. The van der Waals surface area contributed by atoms with Crippen molar-refractivity contribution in [2.24, 2.45) is 11.7 Å². The summed E-state index contributed by atoms with van der Waals surface area (Å²) in [4.78, 5) is 11.4. The molecule has 1 rings (SSSR count). The molecule has 3 nitrogen and oxygen atoms in total. The first-order valence-electron chi connectivity index (χ1n) is 5.35. The van der Waals surface area contributed by atoms with Crippen LogP contribution in [0, 0.1) is 5.92 Å². The van der Waals surface area contributed by atoms with Crippen LogP contribution in [0.1, 0.15) is 26.2 Å².